The number of nitrogens with one attached hydrogen (secondary N) is 1. The van der Waals surface area contributed by atoms with E-state index in [0.717, 1.165) is 57.8 Å². The maximum absolute atomic E-state index is 5.93. The van der Waals surface area contributed by atoms with E-state index in [2.05, 4.69) is 51.3 Å². The first-order valence-electron chi connectivity index (χ1n) is 9.87. The van der Waals surface area contributed by atoms with Gasteiger partial charge in [0.2, 0.25) is 0 Å². The molecule has 0 saturated carbocycles. The predicted octanol–water partition coefficient (Wildman–Crippen LogP) is 3.32. The van der Waals surface area contributed by atoms with E-state index in [1.54, 1.807) is 0 Å². The minimum absolute atomic E-state index is 0.493. The van der Waals surface area contributed by atoms with Crippen molar-refractivity contribution < 1.29 is 0 Å². The van der Waals surface area contributed by atoms with Gasteiger partial charge in [0.1, 0.15) is 0 Å². The van der Waals surface area contributed by atoms with Gasteiger partial charge in [-0.25, -0.2) is 0 Å². The Morgan fingerprint density at radius 2 is 1.78 bits per heavy atom. The second kappa shape index (κ2) is 9.97. The Hall–Kier alpha value is -2.53. The van der Waals surface area contributed by atoms with Crippen molar-refractivity contribution in [2.24, 2.45) is 10.7 Å². The number of para-hydroxylation sites is 1. The highest BCUT2D eigenvalue weighted by molar-refractivity contribution is 5.92. The zero-order valence-electron chi connectivity index (χ0n) is 16.3. The standard InChI is InChI=1S/C22H31N5/c1-19-8-7-11-21(18-19)27-16-14-26(15-17-27)13-6-5-12-24-22(23)25-20-9-3-2-4-10-20/h2-4,7-11,18H,5-6,12-17H2,1H3,(H3,23,24,25). The van der Waals surface area contributed by atoms with Crippen LogP contribution in [0.5, 0.6) is 0 Å². The van der Waals surface area contributed by atoms with E-state index in [4.69, 9.17) is 5.73 Å². The summed E-state index contributed by atoms with van der Waals surface area (Å²) >= 11 is 0. The summed E-state index contributed by atoms with van der Waals surface area (Å²) in [6.07, 6.45) is 2.22. The molecular formula is C22H31N5. The molecule has 27 heavy (non-hydrogen) atoms. The summed E-state index contributed by atoms with van der Waals surface area (Å²) in [5.74, 6) is 0.493. The molecule has 1 aliphatic heterocycles. The van der Waals surface area contributed by atoms with Crippen molar-refractivity contribution in [2.75, 3.05) is 49.5 Å². The van der Waals surface area contributed by atoms with Gasteiger partial charge in [-0.3, -0.25) is 9.89 Å². The van der Waals surface area contributed by atoms with Crippen molar-refractivity contribution in [3.63, 3.8) is 0 Å². The average Bonchev–Trinajstić information content (AvgIpc) is 2.69. The van der Waals surface area contributed by atoms with E-state index in [1.165, 1.54) is 11.3 Å². The molecular weight excluding hydrogens is 334 g/mol. The largest absolute Gasteiger partial charge is 0.370 e. The van der Waals surface area contributed by atoms with Gasteiger partial charge >= 0.3 is 0 Å². The minimum atomic E-state index is 0.493. The van der Waals surface area contributed by atoms with Gasteiger partial charge in [0.15, 0.2) is 5.96 Å². The molecule has 1 fully saturated rings. The molecule has 144 valence electrons. The predicted molar refractivity (Wildman–Crippen MR) is 116 cm³/mol. The van der Waals surface area contributed by atoms with Crippen molar-refractivity contribution in [1.29, 1.82) is 0 Å². The number of rotatable bonds is 7. The third-order valence-electron chi connectivity index (χ3n) is 4.95. The van der Waals surface area contributed by atoms with Crippen LogP contribution in [0.2, 0.25) is 0 Å². The number of hydrogen-bond donors (Lipinski definition) is 2. The Kier molecular flexibility index (Phi) is 7.11. The molecule has 0 radical (unpaired) electrons. The van der Waals surface area contributed by atoms with Gasteiger partial charge in [-0.05, 0) is 56.1 Å². The Bertz CT molecular complexity index is 720. The fourth-order valence-corrected chi connectivity index (χ4v) is 3.41. The molecule has 2 aromatic carbocycles. The second-order valence-electron chi connectivity index (χ2n) is 7.13. The van der Waals surface area contributed by atoms with Gasteiger partial charge in [-0.2, -0.15) is 0 Å². The highest BCUT2D eigenvalue weighted by Crippen LogP contribution is 2.17. The monoisotopic (exact) mass is 365 g/mol. The molecule has 0 aromatic heterocycles. The third-order valence-corrected chi connectivity index (χ3v) is 4.95. The van der Waals surface area contributed by atoms with Gasteiger partial charge in [0, 0.05) is 44.1 Å². The lowest BCUT2D eigenvalue weighted by Crippen LogP contribution is -2.46. The number of aryl methyl sites for hydroxylation is 1. The molecule has 0 spiro atoms. The van der Waals surface area contributed by atoms with Crippen LogP contribution < -0.4 is 16.0 Å². The highest BCUT2D eigenvalue weighted by Gasteiger charge is 2.16. The number of hydrogen-bond acceptors (Lipinski definition) is 3. The summed E-state index contributed by atoms with van der Waals surface area (Å²) in [5.41, 5.74) is 9.59. The van der Waals surface area contributed by atoms with Gasteiger partial charge in [-0.15, -0.1) is 0 Å². The maximum Gasteiger partial charge on any atom is 0.193 e. The Balaban J connectivity index is 1.31. The van der Waals surface area contributed by atoms with Crippen LogP contribution in [0.1, 0.15) is 18.4 Å². The number of unbranched alkanes of at least 4 members (excludes halogenated alkanes) is 1. The second-order valence-corrected chi connectivity index (χ2v) is 7.13. The minimum Gasteiger partial charge on any atom is -0.370 e. The van der Waals surface area contributed by atoms with Crippen LogP contribution in [-0.2, 0) is 0 Å². The van der Waals surface area contributed by atoms with Crippen molar-refractivity contribution in [1.82, 2.24) is 4.90 Å². The fraction of sp³-hybridized carbons (Fsp3) is 0.409. The average molecular weight is 366 g/mol. The van der Waals surface area contributed by atoms with Crippen LogP contribution >= 0.6 is 0 Å². The van der Waals surface area contributed by atoms with Crippen molar-refractivity contribution >= 4 is 17.3 Å². The lowest BCUT2D eigenvalue weighted by atomic mass is 10.2. The zero-order valence-corrected chi connectivity index (χ0v) is 16.3. The first-order chi connectivity index (χ1) is 13.2. The normalized spacial score (nSPS) is 15.7. The number of guanidine groups is 1. The van der Waals surface area contributed by atoms with E-state index in [1.807, 2.05) is 30.3 Å². The Labute approximate surface area is 162 Å². The molecule has 1 aliphatic rings. The molecule has 1 heterocycles. The van der Waals surface area contributed by atoms with Crippen LogP contribution in [0.3, 0.4) is 0 Å². The van der Waals surface area contributed by atoms with Crippen LogP contribution in [-0.4, -0.2) is 50.1 Å². The molecule has 2 aromatic rings. The summed E-state index contributed by atoms with van der Waals surface area (Å²) in [4.78, 5) is 9.47. The quantitative estimate of drug-likeness (QED) is 0.449. The summed E-state index contributed by atoms with van der Waals surface area (Å²) in [7, 11) is 0. The van der Waals surface area contributed by atoms with E-state index < -0.39 is 0 Å². The summed E-state index contributed by atoms with van der Waals surface area (Å²) in [6, 6.07) is 18.7. The van der Waals surface area contributed by atoms with Gasteiger partial charge < -0.3 is 16.0 Å². The molecule has 5 nitrogen and oxygen atoms in total. The fourth-order valence-electron chi connectivity index (χ4n) is 3.41. The van der Waals surface area contributed by atoms with Crippen molar-refractivity contribution in [3.05, 3.63) is 60.2 Å². The van der Waals surface area contributed by atoms with E-state index in [0.29, 0.717) is 5.96 Å². The van der Waals surface area contributed by atoms with Crippen LogP contribution in [0.4, 0.5) is 11.4 Å². The van der Waals surface area contributed by atoms with Gasteiger partial charge in [-0.1, -0.05) is 30.3 Å². The zero-order chi connectivity index (χ0) is 18.9. The summed E-state index contributed by atoms with van der Waals surface area (Å²) < 4.78 is 0. The van der Waals surface area contributed by atoms with Crippen molar-refractivity contribution in [3.8, 4) is 0 Å². The molecule has 0 bridgehead atoms. The van der Waals surface area contributed by atoms with E-state index in [9.17, 15) is 0 Å². The highest BCUT2D eigenvalue weighted by atomic mass is 15.3. The van der Waals surface area contributed by atoms with Gasteiger partial charge in [0.25, 0.3) is 0 Å². The molecule has 0 amide bonds. The molecule has 1 saturated heterocycles. The topological polar surface area (TPSA) is 56.9 Å². The number of nitrogens with zero attached hydrogens (tertiary/aromatic N) is 3. The molecule has 3 rings (SSSR count). The molecule has 3 N–H and O–H groups in total. The Morgan fingerprint density at radius 1 is 1.00 bits per heavy atom. The molecule has 0 atom stereocenters. The summed E-state index contributed by atoms with van der Waals surface area (Å²) in [5, 5.41) is 3.12. The first-order valence-corrected chi connectivity index (χ1v) is 9.87. The van der Waals surface area contributed by atoms with Gasteiger partial charge in [0.05, 0.1) is 0 Å². The number of benzene rings is 2. The van der Waals surface area contributed by atoms with Crippen LogP contribution in [0.15, 0.2) is 59.6 Å². The number of piperazine rings is 1. The van der Waals surface area contributed by atoms with E-state index >= 15 is 0 Å². The van der Waals surface area contributed by atoms with Crippen molar-refractivity contribution in [2.45, 2.75) is 19.8 Å². The SMILES string of the molecule is Cc1cccc(N2CCN(CCCCN=C(N)Nc3ccccc3)CC2)c1. The lowest BCUT2D eigenvalue weighted by molar-refractivity contribution is 0.253. The van der Waals surface area contributed by atoms with Crippen LogP contribution in [0.25, 0.3) is 0 Å². The maximum atomic E-state index is 5.93. The number of nitrogens with two attached hydrogens (primary N) is 1. The lowest BCUT2D eigenvalue weighted by Gasteiger charge is -2.36. The molecule has 0 aliphatic carbocycles. The summed E-state index contributed by atoms with van der Waals surface area (Å²) in [6.45, 7) is 8.55. The number of anilines is 2. The Morgan fingerprint density at radius 3 is 2.52 bits per heavy atom. The third kappa shape index (κ3) is 6.29. The number of aliphatic imine (C=N–C) groups is 1. The smallest absolute Gasteiger partial charge is 0.193 e. The molecule has 5 heteroatoms. The molecule has 0 unspecified atom stereocenters. The van der Waals surface area contributed by atoms with E-state index in [-0.39, 0.29) is 0 Å². The van der Waals surface area contributed by atoms with Crippen LogP contribution in [0, 0.1) is 6.92 Å². The first kappa shape index (κ1) is 19.2.